The fourth-order valence-corrected chi connectivity index (χ4v) is 8.22. The number of nitrogens with one attached hydrogen (secondary N) is 1. The van der Waals surface area contributed by atoms with Crippen LogP contribution in [0.25, 0.3) is 21.6 Å². The Hall–Kier alpha value is -4.09. The first-order valence-corrected chi connectivity index (χ1v) is 18.0. The largest absolute Gasteiger partial charge is 0.448 e. The quantitative estimate of drug-likeness (QED) is 0.188. The van der Waals surface area contributed by atoms with Crippen LogP contribution in [0.4, 0.5) is 4.79 Å². The zero-order valence-corrected chi connectivity index (χ0v) is 29.0. The van der Waals surface area contributed by atoms with E-state index in [2.05, 4.69) is 46.7 Å². The van der Waals surface area contributed by atoms with Crippen molar-refractivity contribution in [2.24, 2.45) is 0 Å². The molecular formula is C39H43N3O6S. The van der Waals surface area contributed by atoms with Gasteiger partial charge in [-0.05, 0) is 66.5 Å². The van der Waals surface area contributed by atoms with Crippen molar-refractivity contribution in [2.45, 2.75) is 76.0 Å². The molecule has 2 fully saturated rings. The topological polar surface area (TPSA) is 99.2 Å². The Bertz CT molecular complexity index is 1730. The number of carbonyl (C=O) groups excluding carboxylic acids is 2. The molecule has 0 radical (unpaired) electrons. The molecule has 9 nitrogen and oxygen atoms in total. The summed E-state index contributed by atoms with van der Waals surface area (Å²) >= 11 is 1.61. The zero-order chi connectivity index (χ0) is 33.9. The molecule has 2 aliphatic heterocycles. The van der Waals surface area contributed by atoms with E-state index >= 15 is 0 Å². The third-order valence-corrected chi connectivity index (χ3v) is 10.9. The molecule has 2 unspecified atom stereocenters. The van der Waals surface area contributed by atoms with Crippen molar-refractivity contribution in [3.05, 3.63) is 101 Å². The smallest absolute Gasteiger partial charge is 0.410 e. The summed E-state index contributed by atoms with van der Waals surface area (Å²) in [6.07, 6.45) is 1.64. The molecule has 1 aliphatic carbocycles. The van der Waals surface area contributed by atoms with E-state index in [9.17, 15) is 9.59 Å². The number of fused-ring (bicyclic) bond motifs is 3. The van der Waals surface area contributed by atoms with Gasteiger partial charge in [0.2, 0.25) is 5.91 Å². The zero-order valence-electron chi connectivity index (χ0n) is 28.2. The number of thiazole rings is 1. The Labute approximate surface area is 291 Å². The highest BCUT2D eigenvalue weighted by molar-refractivity contribution is 7.13. The highest BCUT2D eigenvalue weighted by Crippen LogP contribution is 2.44. The monoisotopic (exact) mass is 681 g/mol. The van der Waals surface area contributed by atoms with Gasteiger partial charge in [-0.15, -0.1) is 11.3 Å². The maximum Gasteiger partial charge on any atom is 0.410 e. The Morgan fingerprint density at radius 1 is 1.00 bits per heavy atom. The Balaban J connectivity index is 1.05. The van der Waals surface area contributed by atoms with Crippen LogP contribution in [0.5, 0.6) is 0 Å². The van der Waals surface area contributed by atoms with Crippen LogP contribution in [0.15, 0.2) is 78.3 Å². The van der Waals surface area contributed by atoms with Gasteiger partial charge in [0.1, 0.15) is 12.6 Å². The lowest BCUT2D eigenvalue weighted by Gasteiger charge is -2.31. The predicted molar refractivity (Wildman–Crippen MR) is 188 cm³/mol. The average molecular weight is 682 g/mol. The fourth-order valence-electron chi connectivity index (χ4n) is 7.40. The second kappa shape index (κ2) is 14.8. The van der Waals surface area contributed by atoms with E-state index in [1.54, 1.807) is 18.4 Å². The summed E-state index contributed by atoms with van der Waals surface area (Å²) in [7, 11) is 1.66. The SMILES string of the molecule is COCC1CCCC(O[C@@H]2C[C@@H](C(=O)N[C@@H](C)c3ccc(-c4scnc4C)cc3)N(C(=O)OCC3c4ccccc4-c4ccccc43)C2)O1. The molecule has 2 amide bonds. The van der Waals surface area contributed by atoms with Crippen LogP contribution in [0.1, 0.15) is 67.0 Å². The minimum absolute atomic E-state index is 0.0327. The van der Waals surface area contributed by atoms with Gasteiger partial charge in [-0.25, -0.2) is 9.78 Å². The van der Waals surface area contributed by atoms with Crippen molar-refractivity contribution >= 4 is 23.3 Å². The lowest BCUT2D eigenvalue weighted by molar-refractivity contribution is -0.219. The highest BCUT2D eigenvalue weighted by Gasteiger charge is 2.43. The number of hydrogen-bond donors (Lipinski definition) is 1. The van der Waals surface area contributed by atoms with Gasteiger partial charge in [-0.2, -0.15) is 0 Å². The minimum atomic E-state index is -0.749. The molecule has 49 heavy (non-hydrogen) atoms. The molecule has 5 atom stereocenters. The highest BCUT2D eigenvalue weighted by atomic mass is 32.1. The summed E-state index contributed by atoms with van der Waals surface area (Å²) in [5, 5.41) is 3.16. The third-order valence-electron chi connectivity index (χ3n) is 9.92. The number of ether oxygens (including phenoxy) is 4. The van der Waals surface area contributed by atoms with E-state index < -0.39 is 18.4 Å². The number of aryl methyl sites for hydroxylation is 1. The number of methoxy groups -OCH3 is 1. The number of amides is 2. The van der Waals surface area contributed by atoms with Crippen LogP contribution in [-0.4, -0.2) is 73.3 Å². The van der Waals surface area contributed by atoms with E-state index in [4.69, 9.17) is 18.9 Å². The Kier molecular flexibility index (Phi) is 10.1. The lowest BCUT2D eigenvalue weighted by Crippen LogP contribution is -2.47. The van der Waals surface area contributed by atoms with Crippen LogP contribution in [0.2, 0.25) is 0 Å². The van der Waals surface area contributed by atoms with Crippen LogP contribution in [0.3, 0.4) is 0 Å². The number of hydrogen-bond acceptors (Lipinski definition) is 8. The molecule has 7 rings (SSSR count). The number of rotatable bonds is 10. The van der Waals surface area contributed by atoms with Crippen molar-refractivity contribution < 1.29 is 28.5 Å². The van der Waals surface area contributed by atoms with Gasteiger partial charge in [0, 0.05) is 19.4 Å². The van der Waals surface area contributed by atoms with E-state index in [-0.39, 0.29) is 43.2 Å². The molecule has 3 heterocycles. The van der Waals surface area contributed by atoms with Gasteiger partial charge >= 0.3 is 6.09 Å². The molecule has 1 N–H and O–H groups in total. The first kappa shape index (κ1) is 33.4. The summed E-state index contributed by atoms with van der Waals surface area (Å²) in [6, 6.07) is 23.6. The molecule has 256 valence electrons. The van der Waals surface area contributed by atoms with Crippen LogP contribution >= 0.6 is 11.3 Å². The second-order valence-corrected chi connectivity index (χ2v) is 14.0. The summed E-state index contributed by atoms with van der Waals surface area (Å²) in [4.78, 5) is 34.8. The number of nitrogens with zero attached hydrogens (tertiary/aromatic N) is 2. The minimum Gasteiger partial charge on any atom is -0.448 e. The van der Waals surface area contributed by atoms with E-state index in [1.165, 1.54) is 4.90 Å². The molecule has 0 spiro atoms. The van der Waals surface area contributed by atoms with Gasteiger partial charge in [0.25, 0.3) is 0 Å². The Morgan fingerprint density at radius 2 is 1.71 bits per heavy atom. The number of aromatic nitrogens is 1. The molecular weight excluding hydrogens is 639 g/mol. The third kappa shape index (κ3) is 7.14. The molecule has 2 saturated heterocycles. The van der Waals surface area contributed by atoms with Crippen molar-refractivity contribution in [3.8, 4) is 21.6 Å². The predicted octanol–water partition coefficient (Wildman–Crippen LogP) is 7.25. The van der Waals surface area contributed by atoms with Crippen LogP contribution in [0, 0.1) is 6.92 Å². The fraction of sp³-hybridized carbons (Fsp3) is 0.410. The van der Waals surface area contributed by atoms with Crippen molar-refractivity contribution in [1.29, 1.82) is 0 Å². The number of benzene rings is 3. The lowest BCUT2D eigenvalue weighted by atomic mass is 9.98. The van der Waals surface area contributed by atoms with Gasteiger partial charge in [0.05, 0.1) is 47.5 Å². The maximum absolute atomic E-state index is 13.9. The summed E-state index contributed by atoms with van der Waals surface area (Å²) in [6.45, 7) is 4.87. The molecule has 0 bridgehead atoms. The summed E-state index contributed by atoms with van der Waals surface area (Å²) < 4.78 is 23.9. The van der Waals surface area contributed by atoms with Crippen molar-refractivity contribution in [1.82, 2.24) is 15.2 Å². The number of carbonyl (C=O) groups is 2. The van der Waals surface area contributed by atoms with Crippen molar-refractivity contribution in [3.63, 3.8) is 0 Å². The summed E-state index contributed by atoms with van der Waals surface area (Å²) in [5.74, 6) is -0.320. The number of likely N-dealkylation sites (tertiary alicyclic amines) is 1. The van der Waals surface area contributed by atoms with Gasteiger partial charge in [0.15, 0.2) is 6.29 Å². The molecule has 3 aliphatic rings. The van der Waals surface area contributed by atoms with Crippen LogP contribution < -0.4 is 5.32 Å². The van der Waals surface area contributed by atoms with Crippen LogP contribution in [-0.2, 0) is 23.7 Å². The van der Waals surface area contributed by atoms with Gasteiger partial charge < -0.3 is 24.3 Å². The van der Waals surface area contributed by atoms with Gasteiger partial charge in [-0.3, -0.25) is 9.69 Å². The molecule has 0 saturated carbocycles. The van der Waals surface area contributed by atoms with E-state index in [0.717, 1.165) is 63.2 Å². The summed E-state index contributed by atoms with van der Waals surface area (Å²) in [5.41, 5.74) is 9.51. The molecule has 1 aromatic heterocycles. The standard InChI is InChI=1S/C39H43N3O6S/c1-24(26-15-17-27(18-16-26)37-25(2)40-23-49-37)41-38(43)35-19-29(48-36-14-8-9-28(47-36)21-45-3)20-42(35)39(44)46-22-34-32-12-6-4-10-30(32)31-11-5-7-13-33(31)34/h4-7,10-13,15-18,23-24,28-29,34-36H,8-9,14,19-22H2,1-3H3,(H,41,43)/t24-,28?,29+,35-,36?/m0/s1. The van der Waals surface area contributed by atoms with Gasteiger partial charge in [-0.1, -0.05) is 72.8 Å². The van der Waals surface area contributed by atoms with E-state index in [1.807, 2.05) is 55.8 Å². The van der Waals surface area contributed by atoms with Crippen molar-refractivity contribution in [2.75, 3.05) is 26.9 Å². The Morgan fingerprint density at radius 3 is 2.39 bits per heavy atom. The van der Waals surface area contributed by atoms with E-state index in [0.29, 0.717) is 13.0 Å². The first-order valence-electron chi connectivity index (χ1n) is 17.1. The maximum atomic E-state index is 13.9. The second-order valence-electron chi connectivity index (χ2n) is 13.2. The molecule has 3 aromatic carbocycles. The molecule has 10 heteroatoms. The average Bonchev–Trinajstić information content (AvgIpc) is 3.83. The normalized spacial score (nSPS) is 22.4. The molecule has 4 aromatic rings. The first-order chi connectivity index (χ1) is 23.9.